The van der Waals surface area contributed by atoms with E-state index in [2.05, 4.69) is 5.32 Å². The molecule has 0 unspecified atom stereocenters. The van der Waals surface area contributed by atoms with Crippen molar-refractivity contribution in [1.82, 2.24) is 10.2 Å². The topological polar surface area (TPSA) is 101 Å². The molecule has 0 bridgehead atoms. The molecule has 0 atom stereocenters. The first kappa shape index (κ1) is 23.7. The lowest BCUT2D eigenvalue weighted by atomic mass is 10.2. The van der Waals surface area contributed by atoms with Crippen LogP contribution in [0.4, 0.5) is 9.18 Å². The largest absolute Gasteiger partial charge is 0.354 e. The number of rotatable bonds is 8. The lowest BCUT2D eigenvalue weighted by molar-refractivity contribution is -0.124. The van der Waals surface area contributed by atoms with Crippen LogP contribution in [0.3, 0.4) is 0 Å². The van der Waals surface area contributed by atoms with Crippen molar-refractivity contribution in [1.29, 1.82) is 0 Å². The third-order valence-electron chi connectivity index (χ3n) is 4.70. The van der Waals surface area contributed by atoms with Crippen LogP contribution in [0.2, 0.25) is 0 Å². The van der Waals surface area contributed by atoms with E-state index in [1.165, 1.54) is 36.4 Å². The number of nitrogens with zero attached hydrogens (tertiary/aromatic N) is 1. The second-order valence-corrected chi connectivity index (χ2v) is 10.2. The number of aryl methyl sites for hydroxylation is 1. The molecule has 7 nitrogen and oxygen atoms in total. The predicted molar refractivity (Wildman–Crippen MR) is 120 cm³/mol. The maximum Gasteiger partial charge on any atom is 0.293 e. The van der Waals surface area contributed by atoms with Crippen molar-refractivity contribution < 1.29 is 27.2 Å². The summed E-state index contributed by atoms with van der Waals surface area (Å²) in [5.74, 6) is -1.93. The normalized spacial score (nSPS) is 15.4. The standard InChI is InChI=1S/C22H21FN2O5S2/c1-15-6-8-17(9-7-15)32(29,30)13-10-20(26)24-11-12-25-21(27)19(31-22(25)28)14-16-4-2-3-5-18(16)23/h2-9,14H,10-13H2,1H3,(H,24,26). The Balaban J connectivity index is 1.50. The van der Waals surface area contributed by atoms with Crippen LogP contribution in [0.25, 0.3) is 6.08 Å². The Morgan fingerprint density at radius 3 is 2.50 bits per heavy atom. The average Bonchev–Trinajstić information content (AvgIpc) is 3.01. The molecule has 1 N–H and O–H groups in total. The monoisotopic (exact) mass is 476 g/mol. The van der Waals surface area contributed by atoms with E-state index in [1.54, 1.807) is 18.2 Å². The summed E-state index contributed by atoms with van der Waals surface area (Å²) in [6, 6.07) is 12.3. The van der Waals surface area contributed by atoms with Crippen molar-refractivity contribution >= 4 is 44.7 Å². The van der Waals surface area contributed by atoms with Gasteiger partial charge in [0.25, 0.3) is 11.1 Å². The van der Waals surface area contributed by atoms with Gasteiger partial charge in [-0.3, -0.25) is 19.3 Å². The number of hydrogen-bond donors (Lipinski definition) is 1. The van der Waals surface area contributed by atoms with Gasteiger partial charge in [-0.05, 0) is 43.0 Å². The molecule has 10 heteroatoms. The number of amides is 3. The molecule has 168 valence electrons. The minimum Gasteiger partial charge on any atom is -0.354 e. The highest BCUT2D eigenvalue weighted by Gasteiger charge is 2.34. The Hall–Kier alpha value is -2.98. The summed E-state index contributed by atoms with van der Waals surface area (Å²) in [5.41, 5.74) is 1.12. The van der Waals surface area contributed by atoms with Crippen molar-refractivity contribution in [2.75, 3.05) is 18.8 Å². The van der Waals surface area contributed by atoms with E-state index < -0.39 is 32.7 Å². The number of thioether (sulfide) groups is 1. The third-order valence-corrected chi connectivity index (χ3v) is 7.34. The number of hydrogen-bond acceptors (Lipinski definition) is 6. The SMILES string of the molecule is Cc1ccc(S(=O)(=O)CCC(=O)NCCN2C(=O)SC(=Cc3ccccc3F)C2=O)cc1. The average molecular weight is 477 g/mol. The number of carbonyl (C=O) groups is 3. The Morgan fingerprint density at radius 2 is 1.81 bits per heavy atom. The molecular weight excluding hydrogens is 455 g/mol. The van der Waals surface area contributed by atoms with Gasteiger partial charge in [0.15, 0.2) is 9.84 Å². The van der Waals surface area contributed by atoms with E-state index in [0.29, 0.717) is 11.8 Å². The summed E-state index contributed by atoms with van der Waals surface area (Å²) in [4.78, 5) is 37.8. The molecule has 1 aliphatic heterocycles. The zero-order chi connectivity index (χ0) is 23.3. The molecule has 1 aliphatic rings. The van der Waals surface area contributed by atoms with Crippen LogP contribution in [-0.4, -0.2) is 49.2 Å². The van der Waals surface area contributed by atoms with Gasteiger partial charge < -0.3 is 5.32 Å². The quantitative estimate of drug-likeness (QED) is 0.588. The first-order chi connectivity index (χ1) is 15.2. The number of nitrogens with one attached hydrogen (secondary N) is 1. The predicted octanol–water partition coefficient (Wildman–Crippen LogP) is 3.15. The summed E-state index contributed by atoms with van der Waals surface area (Å²) in [6.07, 6.45) is 1.07. The smallest absolute Gasteiger partial charge is 0.293 e. The first-order valence-electron chi connectivity index (χ1n) is 9.73. The van der Waals surface area contributed by atoms with Crippen LogP contribution in [0, 0.1) is 12.7 Å². The Labute approximate surface area is 189 Å². The second-order valence-electron chi connectivity index (χ2n) is 7.09. The van der Waals surface area contributed by atoms with E-state index in [9.17, 15) is 27.2 Å². The van der Waals surface area contributed by atoms with Crippen molar-refractivity contribution in [2.45, 2.75) is 18.2 Å². The number of halogens is 1. The summed E-state index contributed by atoms with van der Waals surface area (Å²) < 4.78 is 38.4. The van der Waals surface area contributed by atoms with Crippen molar-refractivity contribution in [3.8, 4) is 0 Å². The molecule has 3 amide bonds. The number of sulfone groups is 1. The Morgan fingerprint density at radius 1 is 1.12 bits per heavy atom. The van der Waals surface area contributed by atoms with Gasteiger partial charge in [-0.25, -0.2) is 12.8 Å². The fourth-order valence-electron chi connectivity index (χ4n) is 2.91. The van der Waals surface area contributed by atoms with E-state index >= 15 is 0 Å². The molecule has 1 saturated heterocycles. The van der Waals surface area contributed by atoms with Crippen molar-refractivity contribution in [3.63, 3.8) is 0 Å². The molecule has 2 aromatic carbocycles. The fraction of sp³-hybridized carbons (Fsp3) is 0.227. The molecule has 32 heavy (non-hydrogen) atoms. The van der Waals surface area contributed by atoms with Gasteiger partial charge in [-0.2, -0.15) is 0 Å². The summed E-state index contributed by atoms with van der Waals surface area (Å²) in [5, 5.41) is 2.00. The zero-order valence-corrected chi connectivity index (χ0v) is 18.8. The van der Waals surface area contributed by atoms with Crippen molar-refractivity contribution in [2.24, 2.45) is 0 Å². The highest BCUT2D eigenvalue weighted by molar-refractivity contribution is 8.18. The Bertz CT molecular complexity index is 1180. The molecule has 1 heterocycles. The second kappa shape index (κ2) is 10.1. The first-order valence-corrected chi connectivity index (χ1v) is 12.2. The van der Waals surface area contributed by atoms with Crippen LogP contribution >= 0.6 is 11.8 Å². The van der Waals surface area contributed by atoms with Gasteiger partial charge in [0.2, 0.25) is 5.91 Å². The zero-order valence-electron chi connectivity index (χ0n) is 17.2. The molecule has 2 aromatic rings. The lowest BCUT2D eigenvalue weighted by Gasteiger charge is -2.13. The van der Waals surface area contributed by atoms with Crippen LogP contribution in [-0.2, 0) is 19.4 Å². The lowest BCUT2D eigenvalue weighted by Crippen LogP contribution is -2.37. The number of benzene rings is 2. The van der Waals surface area contributed by atoms with Crippen LogP contribution in [0.15, 0.2) is 58.3 Å². The van der Waals surface area contributed by atoms with E-state index in [1.807, 2.05) is 6.92 Å². The van der Waals surface area contributed by atoms with Gasteiger partial charge in [0.05, 0.1) is 15.6 Å². The summed E-state index contributed by atoms with van der Waals surface area (Å²) in [6.45, 7) is 1.75. The van der Waals surface area contributed by atoms with Crippen LogP contribution in [0.1, 0.15) is 17.5 Å². The van der Waals surface area contributed by atoms with Crippen LogP contribution in [0.5, 0.6) is 0 Å². The molecule has 0 aliphatic carbocycles. The van der Waals surface area contributed by atoms with E-state index in [0.717, 1.165) is 10.5 Å². The fourth-order valence-corrected chi connectivity index (χ4v) is 5.01. The third kappa shape index (κ3) is 5.83. The van der Waals surface area contributed by atoms with Gasteiger partial charge in [0, 0.05) is 25.1 Å². The molecule has 3 rings (SSSR count). The molecule has 0 saturated carbocycles. The molecular formula is C22H21FN2O5S2. The maximum atomic E-state index is 13.8. The summed E-state index contributed by atoms with van der Waals surface area (Å²) in [7, 11) is -3.59. The highest BCUT2D eigenvalue weighted by atomic mass is 32.2. The number of imide groups is 1. The summed E-state index contributed by atoms with van der Waals surface area (Å²) >= 11 is 0.696. The Kier molecular flexibility index (Phi) is 7.47. The minimum absolute atomic E-state index is 0.0194. The van der Waals surface area contributed by atoms with E-state index in [-0.39, 0.29) is 40.6 Å². The van der Waals surface area contributed by atoms with Gasteiger partial charge in [0.1, 0.15) is 5.82 Å². The van der Waals surface area contributed by atoms with E-state index in [4.69, 9.17) is 0 Å². The molecule has 0 radical (unpaired) electrons. The molecule has 0 spiro atoms. The van der Waals surface area contributed by atoms with Gasteiger partial charge >= 0.3 is 0 Å². The molecule has 1 fully saturated rings. The maximum absolute atomic E-state index is 13.8. The number of carbonyl (C=O) groups excluding carboxylic acids is 3. The van der Waals surface area contributed by atoms with Crippen LogP contribution < -0.4 is 5.32 Å². The minimum atomic E-state index is -3.59. The molecule has 0 aromatic heterocycles. The van der Waals surface area contributed by atoms with Gasteiger partial charge in [-0.15, -0.1) is 0 Å². The van der Waals surface area contributed by atoms with Crippen molar-refractivity contribution in [3.05, 3.63) is 70.4 Å². The van der Waals surface area contributed by atoms with Gasteiger partial charge in [-0.1, -0.05) is 35.9 Å². The highest BCUT2D eigenvalue weighted by Crippen LogP contribution is 2.32.